The number of H-pyrrole nitrogens is 1. The summed E-state index contributed by atoms with van der Waals surface area (Å²) in [5.74, 6) is 0.962. The number of hydrogen-bond donors (Lipinski definition) is 2. The van der Waals surface area contributed by atoms with Crippen LogP contribution in [0.1, 0.15) is 41.3 Å². The fourth-order valence-corrected chi connectivity index (χ4v) is 6.38. The van der Waals surface area contributed by atoms with Crippen LogP contribution in [0.5, 0.6) is 5.75 Å². The van der Waals surface area contributed by atoms with E-state index in [9.17, 15) is 9.90 Å². The first kappa shape index (κ1) is 24.6. The second kappa shape index (κ2) is 10.2. The summed E-state index contributed by atoms with van der Waals surface area (Å²) >= 11 is 0. The van der Waals surface area contributed by atoms with Gasteiger partial charge in [-0.05, 0) is 65.9 Å². The number of nitrogens with zero attached hydrogens (tertiary/aromatic N) is 4. The van der Waals surface area contributed by atoms with Crippen LogP contribution in [0.25, 0.3) is 10.9 Å². The zero-order valence-electron chi connectivity index (χ0n) is 21.6. The van der Waals surface area contributed by atoms with Gasteiger partial charge in [0.2, 0.25) is 5.91 Å². The number of carbonyl (C=O) groups is 1. The number of methoxy groups -OCH3 is 1. The first-order valence-corrected chi connectivity index (χ1v) is 13.2. The Bertz CT molecular complexity index is 1410. The molecule has 5 heterocycles. The van der Waals surface area contributed by atoms with Crippen LogP contribution in [0.15, 0.2) is 67.3 Å². The summed E-state index contributed by atoms with van der Waals surface area (Å²) in [6, 6.07) is 13.9. The minimum atomic E-state index is -0.145. The van der Waals surface area contributed by atoms with Crippen molar-refractivity contribution in [3.8, 4) is 5.75 Å². The molecule has 1 saturated heterocycles. The average molecular weight is 512 g/mol. The Kier molecular flexibility index (Phi) is 6.59. The van der Waals surface area contributed by atoms with Crippen molar-refractivity contribution in [1.29, 1.82) is 0 Å². The number of aliphatic hydroxyl groups is 1. The number of aromatic nitrogens is 3. The summed E-state index contributed by atoms with van der Waals surface area (Å²) in [7, 11) is 1.68. The summed E-state index contributed by atoms with van der Waals surface area (Å²) in [6.45, 7) is 2.98. The van der Waals surface area contributed by atoms with Gasteiger partial charge in [-0.2, -0.15) is 0 Å². The molecular formula is C30H33N5O3. The van der Waals surface area contributed by atoms with E-state index in [2.05, 4.69) is 25.9 Å². The Balaban J connectivity index is 1.34. The van der Waals surface area contributed by atoms with E-state index in [1.807, 2.05) is 53.7 Å². The fraction of sp³-hybridized carbons (Fsp3) is 0.367. The lowest BCUT2D eigenvalue weighted by molar-refractivity contribution is -0.132. The van der Waals surface area contributed by atoms with Crippen molar-refractivity contribution >= 4 is 16.8 Å². The van der Waals surface area contributed by atoms with Gasteiger partial charge in [-0.15, -0.1) is 0 Å². The molecule has 0 aliphatic carbocycles. The molecule has 1 aromatic carbocycles. The fourth-order valence-electron chi connectivity index (χ4n) is 6.38. The number of nitrogens with one attached hydrogen (secondary N) is 1. The number of hydrogen-bond acceptors (Lipinski definition) is 6. The maximum absolute atomic E-state index is 13.2. The minimum absolute atomic E-state index is 0.0225. The van der Waals surface area contributed by atoms with E-state index in [-0.39, 0.29) is 24.0 Å². The van der Waals surface area contributed by atoms with E-state index < -0.39 is 0 Å². The van der Waals surface area contributed by atoms with Gasteiger partial charge in [0.15, 0.2) is 0 Å². The van der Waals surface area contributed by atoms with Gasteiger partial charge >= 0.3 is 0 Å². The average Bonchev–Trinajstić information content (AvgIpc) is 3.34. The van der Waals surface area contributed by atoms with E-state index in [0.29, 0.717) is 19.5 Å². The molecule has 38 heavy (non-hydrogen) atoms. The predicted octanol–water partition coefficient (Wildman–Crippen LogP) is 3.62. The molecule has 0 unspecified atom stereocenters. The maximum Gasteiger partial charge on any atom is 0.226 e. The molecule has 0 saturated carbocycles. The Morgan fingerprint density at radius 1 is 1.05 bits per heavy atom. The highest BCUT2D eigenvalue weighted by atomic mass is 16.5. The van der Waals surface area contributed by atoms with Crippen LogP contribution in [-0.2, 0) is 23.2 Å². The highest BCUT2D eigenvalue weighted by molar-refractivity contribution is 5.88. The smallest absolute Gasteiger partial charge is 0.226 e. The van der Waals surface area contributed by atoms with Crippen molar-refractivity contribution in [2.75, 3.05) is 33.4 Å². The Labute approximate surface area is 222 Å². The summed E-state index contributed by atoms with van der Waals surface area (Å²) in [5, 5.41) is 11.8. The number of pyridine rings is 2. The summed E-state index contributed by atoms with van der Waals surface area (Å²) in [6.07, 6.45) is 9.23. The summed E-state index contributed by atoms with van der Waals surface area (Å²) in [4.78, 5) is 29.5. The normalized spacial score (nSPS) is 19.0. The van der Waals surface area contributed by atoms with Crippen LogP contribution in [-0.4, -0.2) is 69.1 Å². The predicted molar refractivity (Wildman–Crippen MR) is 145 cm³/mol. The topological polar surface area (TPSA) is 94.6 Å². The number of benzene rings is 1. The third-order valence-electron chi connectivity index (χ3n) is 8.33. The molecule has 2 aliphatic rings. The van der Waals surface area contributed by atoms with Crippen molar-refractivity contribution in [2.45, 2.75) is 37.3 Å². The molecule has 196 valence electrons. The van der Waals surface area contributed by atoms with E-state index in [1.54, 1.807) is 19.5 Å². The maximum atomic E-state index is 13.2. The SMILES string of the molecule is COc1ccc2c3c([nH]c2c1)[C@@H](CO)N(Cc1ccncc1)CC31CCN(C(=O)Cc2ccncc2)CC1. The molecule has 3 aromatic heterocycles. The third-order valence-corrected chi connectivity index (χ3v) is 8.33. The second-order valence-electron chi connectivity index (χ2n) is 10.5. The Hall–Kier alpha value is -3.75. The lowest BCUT2D eigenvalue weighted by atomic mass is 9.68. The van der Waals surface area contributed by atoms with Gasteiger partial charge in [0, 0.05) is 79.0 Å². The number of ether oxygens (including phenoxy) is 1. The zero-order valence-corrected chi connectivity index (χ0v) is 21.6. The number of piperidine rings is 1. The van der Waals surface area contributed by atoms with Crippen LogP contribution in [0.2, 0.25) is 0 Å². The molecule has 2 N–H and O–H groups in total. The molecule has 1 fully saturated rings. The largest absolute Gasteiger partial charge is 0.497 e. The Morgan fingerprint density at radius 2 is 1.74 bits per heavy atom. The molecule has 2 aliphatic heterocycles. The molecule has 0 radical (unpaired) electrons. The number of aromatic amines is 1. The molecule has 1 amide bonds. The monoisotopic (exact) mass is 511 g/mol. The first-order valence-electron chi connectivity index (χ1n) is 13.2. The summed E-state index contributed by atoms with van der Waals surface area (Å²) in [5.41, 5.74) is 5.42. The highest BCUT2D eigenvalue weighted by Crippen LogP contribution is 2.49. The van der Waals surface area contributed by atoms with Gasteiger partial charge in [-0.3, -0.25) is 19.7 Å². The quantitative estimate of drug-likeness (QED) is 0.411. The number of aliphatic hydroxyl groups excluding tert-OH is 1. The van der Waals surface area contributed by atoms with E-state index in [1.165, 1.54) is 16.5 Å². The van der Waals surface area contributed by atoms with Crippen molar-refractivity contribution in [3.63, 3.8) is 0 Å². The van der Waals surface area contributed by atoms with E-state index >= 15 is 0 Å². The lowest BCUT2D eigenvalue weighted by Gasteiger charge is -2.50. The van der Waals surface area contributed by atoms with Crippen LogP contribution in [0.3, 0.4) is 0 Å². The first-order chi connectivity index (χ1) is 18.6. The van der Waals surface area contributed by atoms with Crippen molar-refractivity contribution in [3.05, 3.63) is 89.6 Å². The van der Waals surface area contributed by atoms with Gasteiger partial charge in [-0.25, -0.2) is 0 Å². The molecule has 1 atom stereocenters. The van der Waals surface area contributed by atoms with Crippen LogP contribution in [0.4, 0.5) is 0 Å². The Morgan fingerprint density at radius 3 is 2.39 bits per heavy atom. The molecule has 0 bridgehead atoms. The summed E-state index contributed by atoms with van der Waals surface area (Å²) < 4.78 is 5.50. The molecular weight excluding hydrogens is 478 g/mol. The van der Waals surface area contributed by atoms with E-state index in [0.717, 1.165) is 48.5 Å². The van der Waals surface area contributed by atoms with Crippen molar-refractivity contribution in [2.24, 2.45) is 0 Å². The number of carbonyl (C=O) groups excluding carboxylic acids is 1. The van der Waals surface area contributed by atoms with Crippen LogP contribution < -0.4 is 4.74 Å². The second-order valence-corrected chi connectivity index (χ2v) is 10.5. The minimum Gasteiger partial charge on any atom is -0.497 e. The number of likely N-dealkylation sites (tertiary alicyclic amines) is 1. The van der Waals surface area contributed by atoms with Gasteiger partial charge in [-0.1, -0.05) is 0 Å². The molecule has 8 heteroatoms. The van der Waals surface area contributed by atoms with Crippen LogP contribution >= 0.6 is 0 Å². The van der Waals surface area contributed by atoms with Gasteiger partial charge in [0.05, 0.1) is 26.2 Å². The zero-order chi connectivity index (χ0) is 26.1. The van der Waals surface area contributed by atoms with E-state index in [4.69, 9.17) is 4.74 Å². The molecule has 6 rings (SSSR count). The molecule has 8 nitrogen and oxygen atoms in total. The van der Waals surface area contributed by atoms with Crippen molar-refractivity contribution < 1.29 is 14.6 Å². The number of fused-ring (bicyclic) bond motifs is 4. The number of amides is 1. The van der Waals surface area contributed by atoms with Gasteiger partial charge in [0.1, 0.15) is 5.75 Å². The standard InChI is InChI=1S/C30H33N5O3/c1-38-23-2-3-24-25(17-23)33-29-26(19-36)35(18-22-6-12-32-13-7-22)20-30(28(24)29)8-14-34(15-9-30)27(37)16-21-4-10-31-11-5-21/h2-7,10-13,17,26,33,36H,8-9,14-16,18-20H2,1H3/t26-/m1/s1. The van der Waals surface area contributed by atoms with Crippen LogP contribution in [0, 0.1) is 0 Å². The van der Waals surface area contributed by atoms with Gasteiger partial charge < -0.3 is 19.7 Å². The third kappa shape index (κ3) is 4.44. The highest BCUT2D eigenvalue weighted by Gasteiger charge is 2.47. The van der Waals surface area contributed by atoms with Gasteiger partial charge in [0.25, 0.3) is 0 Å². The molecule has 1 spiro atoms. The number of rotatable bonds is 6. The molecule has 4 aromatic rings. The lowest BCUT2D eigenvalue weighted by Crippen LogP contribution is -2.54. The van der Waals surface area contributed by atoms with Crippen molar-refractivity contribution in [1.82, 2.24) is 24.8 Å².